The molecule has 0 radical (unpaired) electrons. The van der Waals surface area contributed by atoms with Gasteiger partial charge in [-0.05, 0) is 6.42 Å². The molecule has 86 valence electrons. The predicted octanol–water partition coefficient (Wildman–Crippen LogP) is 1.11. The molecule has 0 bridgehead atoms. The Kier molecular flexibility index (Phi) is 12.2. The third-order valence-electron chi connectivity index (χ3n) is 1.50. The molecule has 0 aliphatic carbocycles. The van der Waals surface area contributed by atoms with E-state index in [1.54, 1.807) is 0 Å². The summed E-state index contributed by atoms with van der Waals surface area (Å²) in [5.74, 6) is -0.800. The van der Waals surface area contributed by atoms with Crippen LogP contribution in [0.5, 0.6) is 0 Å². The molecule has 0 aromatic heterocycles. The number of hydrogen-bond donors (Lipinski definition) is 2. The van der Waals surface area contributed by atoms with Gasteiger partial charge in [-0.1, -0.05) is 13.3 Å². The number of rotatable bonds is 6. The van der Waals surface area contributed by atoms with Crippen LogP contribution in [0.2, 0.25) is 5.09 Å². The summed E-state index contributed by atoms with van der Waals surface area (Å²) in [7, 11) is -3.69. The molecule has 0 aliphatic rings. The van der Waals surface area contributed by atoms with E-state index in [9.17, 15) is 13.2 Å². The minimum absolute atomic E-state index is 0.108. The Labute approximate surface area is 100 Å². The first-order valence-corrected chi connectivity index (χ1v) is 6.61. The van der Waals surface area contributed by atoms with E-state index >= 15 is 0 Å². The van der Waals surface area contributed by atoms with Crippen molar-refractivity contribution >= 4 is 33.8 Å². The van der Waals surface area contributed by atoms with Crippen LogP contribution in [0.1, 0.15) is 32.6 Å². The SMILES string of the molecule is CCCCC(=O)O.[Li][CH2]CCS(=O)(=O)O. The molecule has 7 heteroatoms. The predicted molar refractivity (Wildman–Crippen MR) is 58.8 cm³/mol. The third kappa shape index (κ3) is 24.9. The zero-order chi connectivity index (χ0) is 12.3. The molecule has 0 fully saturated rings. The van der Waals surface area contributed by atoms with Crippen molar-refractivity contribution in [2.45, 2.75) is 37.7 Å². The van der Waals surface area contributed by atoms with Crippen molar-refractivity contribution in [3.63, 3.8) is 0 Å². The molecule has 0 aromatic carbocycles. The van der Waals surface area contributed by atoms with Crippen LogP contribution in [-0.4, -0.2) is 47.5 Å². The molecule has 0 rings (SSSR count). The second-order valence-corrected chi connectivity index (χ2v) is 4.71. The molecule has 0 saturated carbocycles. The van der Waals surface area contributed by atoms with Crippen molar-refractivity contribution in [2.75, 3.05) is 5.75 Å². The fraction of sp³-hybridized carbons (Fsp3) is 0.875. The molecule has 15 heavy (non-hydrogen) atoms. The maximum absolute atomic E-state index is 9.95. The van der Waals surface area contributed by atoms with Crippen molar-refractivity contribution in [2.24, 2.45) is 0 Å². The van der Waals surface area contributed by atoms with E-state index in [4.69, 9.17) is 9.66 Å². The summed E-state index contributed by atoms with van der Waals surface area (Å²) in [6, 6.07) is 0. The van der Waals surface area contributed by atoms with Gasteiger partial charge in [-0.2, -0.15) is 0 Å². The Hall–Kier alpha value is -0.0226. The summed E-state index contributed by atoms with van der Waals surface area (Å²) in [5.41, 5.74) is 0. The van der Waals surface area contributed by atoms with Crippen LogP contribution in [0, 0.1) is 0 Å². The standard InChI is InChI=1S/C5H10O2.C3H7O3S.Li/c1-2-3-4-5(6)7;1-2-3-7(4,5)6;/h2-4H2,1H3,(H,6,7);1-3H2,(H,4,5,6);. The van der Waals surface area contributed by atoms with Crippen LogP contribution < -0.4 is 0 Å². The van der Waals surface area contributed by atoms with Gasteiger partial charge in [0, 0.05) is 6.42 Å². The molecule has 0 unspecified atom stereocenters. The topological polar surface area (TPSA) is 91.7 Å². The Morgan fingerprint density at radius 3 is 2.00 bits per heavy atom. The van der Waals surface area contributed by atoms with Crippen LogP contribution in [-0.2, 0) is 14.9 Å². The fourth-order valence-corrected chi connectivity index (χ4v) is 1.31. The molecule has 0 heterocycles. The van der Waals surface area contributed by atoms with Crippen LogP contribution in [0.15, 0.2) is 0 Å². The van der Waals surface area contributed by atoms with Gasteiger partial charge in [-0.15, -0.1) is 0 Å². The molecular weight excluding hydrogens is 215 g/mol. The van der Waals surface area contributed by atoms with Gasteiger partial charge in [0.2, 0.25) is 0 Å². The van der Waals surface area contributed by atoms with Gasteiger partial charge in [0.25, 0.3) is 0 Å². The van der Waals surface area contributed by atoms with E-state index in [0.29, 0.717) is 12.8 Å². The Morgan fingerprint density at radius 2 is 1.87 bits per heavy atom. The fourth-order valence-electron chi connectivity index (χ4n) is 0.655. The number of carboxylic acid groups (broad SMARTS) is 1. The van der Waals surface area contributed by atoms with Crippen LogP contribution in [0.4, 0.5) is 0 Å². The van der Waals surface area contributed by atoms with Crippen molar-refractivity contribution in [1.29, 1.82) is 0 Å². The summed E-state index contributed by atoms with van der Waals surface area (Å²) in [5, 5.41) is 8.84. The number of aliphatic carboxylic acids is 1. The Morgan fingerprint density at radius 1 is 1.33 bits per heavy atom. The molecule has 0 spiro atoms. The maximum atomic E-state index is 9.95. The van der Waals surface area contributed by atoms with Crippen molar-refractivity contribution in [3.05, 3.63) is 0 Å². The van der Waals surface area contributed by atoms with Gasteiger partial charge >= 0.3 is 64.0 Å². The number of carbonyl (C=O) groups is 1. The molecule has 0 saturated heterocycles. The second-order valence-electron chi connectivity index (χ2n) is 3.14. The second kappa shape index (κ2) is 10.5. The average Bonchev–Trinajstić information content (AvgIpc) is 2.11. The third-order valence-corrected chi connectivity index (χ3v) is 2.30. The quantitative estimate of drug-likeness (QED) is 0.528. The first kappa shape index (κ1) is 17.4. The molecule has 2 N–H and O–H groups in total. The molecule has 0 atom stereocenters. The zero-order valence-corrected chi connectivity index (χ0v) is 10.1. The summed E-state index contributed by atoms with van der Waals surface area (Å²) >= 11 is 1.87. The number of carboxylic acids is 1. The Balaban J connectivity index is 0. The summed E-state index contributed by atoms with van der Waals surface area (Å²) in [6.07, 6.45) is 2.62. The van der Waals surface area contributed by atoms with E-state index in [-0.39, 0.29) is 5.75 Å². The molecular formula is C8H17LiO5S. The Bertz CT molecular complexity index is 250. The van der Waals surface area contributed by atoms with Crippen LogP contribution in [0.3, 0.4) is 0 Å². The minimum atomic E-state index is -3.69. The van der Waals surface area contributed by atoms with E-state index in [1.807, 2.05) is 24.6 Å². The number of unbranched alkanes of at least 4 members (excludes halogenated alkanes) is 1. The van der Waals surface area contributed by atoms with Gasteiger partial charge < -0.3 is 5.11 Å². The van der Waals surface area contributed by atoms with E-state index < -0.39 is 16.1 Å². The van der Waals surface area contributed by atoms with Crippen molar-refractivity contribution in [3.8, 4) is 0 Å². The zero-order valence-electron chi connectivity index (χ0n) is 9.27. The van der Waals surface area contributed by atoms with E-state index in [0.717, 1.165) is 17.9 Å². The van der Waals surface area contributed by atoms with E-state index in [1.165, 1.54) is 0 Å². The van der Waals surface area contributed by atoms with Gasteiger partial charge in [-0.25, -0.2) is 0 Å². The van der Waals surface area contributed by atoms with Crippen molar-refractivity contribution < 1.29 is 22.9 Å². The molecule has 5 nitrogen and oxygen atoms in total. The first-order chi connectivity index (χ1) is 6.83. The van der Waals surface area contributed by atoms with Crippen molar-refractivity contribution in [1.82, 2.24) is 0 Å². The summed E-state index contributed by atoms with van der Waals surface area (Å²) < 4.78 is 28.0. The molecule has 0 aromatic rings. The van der Waals surface area contributed by atoms with Crippen LogP contribution in [0.25, 0.3) is 0 Å². The van der Waals surface area contributed by atoms with E-state index in [2.05, 4.69) is 0 Å². The number of hydrogen-bond acceptors (Lipinski definition) is 3. The van der Waals surface area contributed by atoms with Gasteiger partial charge in [0.05, 0.1) is 0 Å². The normalized spacial score (nSPS) is 10.4. The average molecular weight is 232 g/mol. The molecule has 0 amide bonds. The summed E-state index contributed by atoms with van der Waals surface area (Å²) in [4.78, 5) is 9.76. The molecule has 0 aliphatic heterocycles. The van der Waals surface area contributed by atoms with Gasteiger partial charge in [0.15, 0.2) is 0 Å². The van der Waals surface area contributed by atoms with Gasteiger partial charge in [-0.3, -0.25) is 4.79 Å². The monoisotopic (exact) mass is 232 g/mol. The van der Waals surface area contributed by atoms with Crippen LogP contribution >= 0.6 is 0 Å². The van der Waals surface area contributed by atoms with Gasteiger partial charge in [0.1, 0.15) is 0 Å². The first-order valence-electron chi connectivity index (χ1n) is 5.00. The summed E-state index contributed by atoms with van der Waals surface area (Å²) in [6.45, 7) is 1.98.